The third kappa shape index (κ3) is 5.37. The first kappa shape index (κ1) is 21.8. The van der Waals surface area contributed by atoms with Crippen LogP contribution in [0.4, 0.5) is 5.69 Å². The first-order valence-electron chi connectivity index (χ1n) is 9.75. The molecule has 8 nitrogen and oxygen atoms in total. The number of benzene rings is 2. The van der Waals surface area contributed by atoms with E-state index in [1.165, 1.54) is 18.2 Å². The van der Waals surface area contributed by atoms with E-state index in [9.17, 15) is 18.0 Å². The van der Waals surface area contributed by atoms with Gasteiger partial charge in [-0.1, -0.05) is 24.3 Å². The lowest BCUT2D eigenvalue weighted by atomic mass is 10.1. The van der Waals surface area contributed by atoms with Gasteiger partial charge in [0, 0.05) is 50.4 Å². The number of nitrogens with zero attached hydrogens (tertiary/aromatic N) is 2. The third-order valence-electron chi connectivity index (χ3n) is 5.16. The summed E-state index contributed by atoms with van der Waals surface area (Å²) in [5, 5.41) is 7.82. The highest BCUT2D eigenvalue weighted by molar-refractivity contribution is 7.89. The number of carbonyl (C=O) groups is 2. The normalized spacial score (nSPS) is 14.5. The predicted molar refractivity (Wildman–Crippen MR) is 115 cm³/mol. The summed E-state index contributed by atoms with van der Waals surface area (Å²) >= 11 is 0. The summed E-state index contributed by atoms with van der Waals surface area (Å²) in [5.74, 6) is -0.447. The lowest BCUT2D eigenvalue weighted by molar-refractivity contribution is -0.131. The smallest absolute Gasteiger partial charge is 0.251 e. The van der Waals surface area contributed by atoms with E-state index in [0.717, 1.165) is 18.8 Å². The van der Waals surface area contributed by atoms with E-state index in [1.807, 2.05) is 18.2 Å². The number of para-hydroxylation sites is 1. The number of piperazine rings is 1. The van der Waals surface area contributed by atoms with E-state index in [4.69, 9.17) is 5.14 Å². The first-order valence-corrected chi connectivity index (χ1v) is 11.3. The topological polar surface area (TPSA) is 113 Å². The van der Waals surface area contributed by atoms with Crippen LogP contribution in [-0.2, 0) is 14.8 Å². The average molecular weight is 431 g/mol. The number of aryl methyl sites for hydroxylation is 1. The van der Waals surface area contributed by atoms with Gasteiger partial charge in [0.15, 0.2) is 0 Å². The van der Waals surface area contributed by atoms with Crippen LogP contribution in [0, 0.1) is 6.92 Å². The summed E-state index contributed by atoms with van der Waals surface area (Å²) in [4.78, 5) is 28.8. The van der Waals surface area contributed by atoms with Gasteiger partial charge in [-0.2, -0.15) is 0 Å². The molecule has 2 aromatic carbocycles. The summed E-state index contributed by atoms with van der Waals surface area (Å²) in [5.41, 5.74) is 2.00. The minimum Gasteiger partial charge on any atom is -0.368 e. The van der Waals surface area contributed by atoms with Crippen LogP contribution in [0.1, 0.15) is 22.3 Å². The van der Waals surface area contributed by atoms with Gasteiger partial charge < -0.3 is 15.1 Å². The molecule has 0 aromatic heterocycles. The Morgan fingerprint density at radius 2 is 1.70 bits per heavy atom. The maximum absolute atomic E-state index is 12.5. The van der Waals surface area contributed by atoms with Crippen molar-refractivity contribution >= 4 is 27.5 Å². The molecular weight excluding hydrogens is 404 g/mol. The zero-order valence-corrected chi connectivity index (χ0v) is 17.7. The second kappa shape index (κ2) is 9.27. The van der Waals surface area contributed by atoms with E-state index < -0.39 is 15.9 Å². The van der Waals surface area contributed by atoms with Crippen molar-refractivity contribution in [3.63, 3.8) is 0 Å². The molecule has 0 spiro atoms. The summed E-state index contributed by atoms with van der Waals surface area (Å²) in [7, 11) is -3.89. The van der Waals surface area contributed by atoms with Gasteiger partial charge in [-0.25, -0.2) is 13.6 Å². The van der Waals surface area contributed by atoms with Gasteiger partial charge in [-0.05, 0) is 36.8 Å². The van der Waals surface area contributed by atoms with E-state index in [2.05, 4.69) is 22.3 Å². The number of nitrogens with two attached hydrogens (primary N) is 1. The lowest BCUT2D eigenvalue weighted by Gasteiger charge is -2.36. The Morgan fingerprint density at radius 1 is 1.03 bits per heavy atom. The number of primary sulfonamides is 1. The van der Waals surface area contributed by atoms with Crippen LogP contribution in [-0.4, -0.2) is 57.9 Å². The molecule has 1 heterocycles. The Kier molecular flexibility index (Phi) is 6.73. The number of sulfonamides is 1. The van der Waals surface area contributed by atoms with E-state index in [-0.39, 0.29) is 29.3 Å². The van der Waals surface area contributed by atoms with Crippen molar-refractivity contribution in [2.45, 2.75) is 18.2 Å². The molecule has 0 saturated carbocycles. The maximum atomic E-state index is 12.5. The van der Waals surface area contributed by atoms with E-state index >= 15 is 0 Å². The minimum absolute atomic E-state index is 0.0157. The highest BCUT2D eigenvalue weighted by Gasteiger charge is 2.21. The van der Waals surface area contributed by atoms with Crippen LogP contribution >= 0.6 is 0 Å². The first-order chi connectivity index (χ1) is 14.3. The molecule has 2 aromatic rings. The van der Waals surface area contributed by atoms with Gasteiger partial charge in [0.1, 0.15) is 0 Å². The molecule has 0 unspecified atom stereocenters. The van der Waals surface area contributed by atoms with Crippen molar-refractivity contribution in [3.05, 3.63) is 59.7 Å². The number of hydrogen-bond donors (Lipinski definition) is 2. The quantitative estimate of drug-likeness (QED) is 0.713. The molecule has 2 amide bonds. The van der Waals surface area contributed by atoms with Crippen LogP contribution in [0.2, 0.25) is 0 Å². The fourth-order valence-electron chi connectivity index (χ4n) is 3.41. The van der Waals surface area contributed by atoms with Gasteiger partial charge in [-0.3, -0.25) is 9.59 Å². The fraction of sp³-hybridized carbons (Fsp3) is 0.333. The molecule has 9 heteroatoms. The Balaban J connectivity index is 1.49. The fourth-order valence-corrected chi connectivity index (χ4v) is 3.95. The third-order valence-corrected chi connectivity index (χ3v) is 6.07. The van der Waals surface area contributed by atoms with Crippen LogP contribution < -0.4 is 15.4 Å². The molecule has 0 radical (unpaired) electrons. The molecule has 3 rings (SSSR count). The zero-order chi connectivity index (χ0) is 21.7. The maximum Gasteiger partial charge on any atom is 0.251 e. The summed E-state index contributed by atoms with van der Waals surface area (Å²) in [6, 6.07) is 14.2. The molecule has 1 fully saturated rings. The number of amides is 2. The Labute approximate surface area is 176 Å². The summed E-state index contributed by atoms with van der Waals surface area (Å²) in [6.45, 7) is 4.69. The summed E-state index contributed by atoms with van der Waals surface area (Å²) in [6.07, 6.45) is 0.186. The molecule has 0 bridgehead atoms. The minimum atomic E-state index is -3.89. The SMILES string of the molecule is Cc1ccc(S(N)(=O)=O)cc1C(=O)NCCC(=O)N1CCN(c2ccccc2)CC1. The number of hydrogen-bond acceptors (Lipinski definition) is 5. The average Bonchev–Trinajstić information content (AvgIpc) is 2.73. The van der Waals surface area contributed by atoms with Crippen LogP contribution in [0.5, 0.6) is 0 Å². The standard InChI is InChI=1S/C21H26N4O4S/c1-16-7-8-18(30(22,28)29)15-19(16)21(27)23-10-9-20(26)25-13-11-24(12-14-25)17-5-3-2-4-6-17/h2-8,15H,9-14H2,1H3,(H,23,27)(H2,22,28,29). The number of nitrogens with one attached hydrogen (secondary N) is 1. The number of anilines is 1. The van der Waals surface area contributed by atoms with Crippen molar-refractivity contribution in [3.8, 4) is 0 Å². The second-order valence-corrected chi connectivity index (χ2v) is 8.79. The van der Waals surface area contributed by atoms with E-state index in [0.29, 0.717) is 18.7 Å². The molecule has 30 heavy (non-hydrogen) atoms. The predicted octanol–water partition coefficient (Wildman–Crippen LogP) is 1.11. The molecule has 3 N–H and O–H groups in total. The van der Waals surface area contributed by atoms with Gasteiger partial charge in [-0.15, -0.1) is 0 Å². The highest BCUT2D eigenvalue weighted by Crippen LogP contribution is 2.16. The largest absolute Gasteiger partial charge is 0.368 e. The van der Waals surface area contributed by atoms with Crippen molar-refractivity contribution in [2.24, 2.45) is 5.14 Å². The monoisotopic (exact) mass is 430 g/mol. The number of rotatable bonds is 6. The lowest BCUT2D eigenvalue weighted by Crippen LogP contribution is -2.49. The second-order valence-electron chi connectivity index (χ2n) is 7.23. The van der Waals surface area contributed by atoms with Crippen molar-refractivity contribution in [2.75, 3.05) is 37.6 Å². The van der Waals surface area contributed by atoms with Crippen LogP contribution in [0.15, 0.2) is 53.4 Å². The molecule has 160 valence electrons. The summed E-state index contributed by atoms with van der Waals surface area (Å²) < 4.78 is 23.0. The van der Waals surface area contributed by atoms with Gasteiger partial charge in [0.2, 0.25) is 15.9 Å². The van der Waals surface area contributed by atoms with Crippen molar-refractivity contribution in [1.29, 1.82) is 0 Å². The zero-order valence-electron chi connectivity index (χ0n) is 16.9. The molecule has 1 saturated heterocycles. The molecule has 0 atom stereocenters. The molecule has 1 aliphatic rings. The molecule has 1 aliphatic heterocycles. The van der Waals surface area contributed by atoms with E-state index in [1.54, 1.807) is 11.8 Å². The Morgan fingerprint density at radius 3 is 2.33 bits per heavy atom. The molecular formula is C21H26N4O4S. The Hall–Kier alpha value is -2.91. The van der Waals surface area contributed by atoms with Crippen LogP contribution in [0.25, 0.3) is 0 Å². The Bertz CT molecular complexity index is 1020. The molecule has 0 aliphatic carbocycles. The number of carbonyl (C=O) groups excluding carboxylic acids is 2. The van der Waals surface area contributed by atoms with Gasteiger partial charge in [0.25, 0.3) is 5.91 Å². The van der Waals surface area contributed by atoms with Crippen molar-refractivity contribution in [1.82, 2.24) is 10.2 Å². The van der Waals surface area contributed by atoms with Crippen molar-refractivity contribution < 1.29 is 18.0 Å². The highest BCUT2D eigenvalue weighted by atomic mass is 32.2. The van der Waals surface area contributed by atoms with Gasteiger partial charge in [0.05, 0.1) is 4.90 Å². The van der Waals surface area contributed by atoms with Crippen LogP contribution in [0.3, 0.4) is 0 Å². The van der Waals surface area contributed by atoms with Gasteiger partial charge >= 0.3 is 0 Å².